The lowest BCUT2D eigenvalue weighted by Crippen LogP contribution is -2.22. The van der Waals surface area contributed by atoms with Gasteiger partial charge >= 0.3 is 5.97 Å². The van der Waals surface area contributed by atoms with Crippen LogP contribution in [0.5, 0.6) is 0 Å². The van der Waals surface area contributed by atoms with Gasteiger partial charge in [0.15, 0.2) is 0 Å². The largest absolute Gasteiger partial charge is 0.478 e. The third kappa shape index (κ3) is 2.47. The van der Waals surface area contributed by atoms with Crippen LogP contribution in [-0.2, 0) is 0 Å². The molecule has 2 aromatic rings. The number of carboxylic acid groups (broad SMARTS) is 1. The maximum atomic E-state index is 13.9. The van der Waals surface area contributed by atoms with Crippen LogP contribution in [0.15, 0.2) is 36.5 Å². The number of pyridine rings is 1. The van der Waals surface area contributed by atoms with Crippen LogP contribution in [0.3, 0.4) is 0 Å². The van der Waals surface area contributed by atoms with Crippen molar-refractivity contribution >= 4 is 17.5 Å². The van der Waals surface area contributed by atoms with Crippen molar-refractivity contribution in [1.29, 1.82) is 0 Å². The average molecular weight is 274 g/mol. The molecule has 0 amide bonds. The van der Waals surface area contributed by atoms with Crippen molar-refractivity contribution in [2.75, 3.05) is 11.4 Å². The normalized spacial score (nSPS) is 10.3. The zero-order valence-corrected chi connectivity index (χ0v) is 11.3. The molecule has 0 radical (unpaired) electrons. The first-order chi connectivity index (χ1) is 9.56. The molecule has 4 nitrogen and oxygen atoms in total. The third-order valence-electron chi connectivity index (χ3n) is 3.07. The number of para-hydroxylation sites is 1. The number of halogens is 1. The van der Waals surface area contributed by atoms with Crippen LogP contribution in [0.1, 0.15) is 22.8 Å². The first kappa shape index (κ1) is 14.0. The standard InChI is InChI=1S/C15H15FN2O2/c1-3-18(12-7-5-4-6-11(12)16)14-13(15(19)20)10(2)8-9-17-14/h4-9H,3H2,1-2H3,(H,19,20). The van der Waals surface area contributed by atoms with Crippen LogP contribution >= 0.6 is 0 Å². The van der Waals surface area contributed by atoms with Gasteiger partial charge in [-0.05, 0) is 37.6 Å². The fourth-order valence-corrected chi connectivity index (χ4v) is 2.12. The highest BCUT2D eigenvalue weighted by molar-refractivity contribution is 5.96. The van der Waals surface area contributed by atoms with Gasteiger partial charge in [0.1, 0.15) is 17.2 Å². The quantitative estimate of drug-likeness (QED) is 0.928. The number of carbonyl (C=O) groups is 1. The van der Waals surface area contributed by atoms with Crippen LogP contribution in [0, 0.1) is 12.7 Å². The van der Waals surface area contributed by atoms with E-state index >= 15 is 0 Å². The fourth-order valence-electron chi connectivity index (χ4n) is 2.12. The lowest BCUT2D eigenvalue weighted by atomic mass is 10.1. The molecule has 0 spiro atoms. The van der Waals surface area contributed by atoms with Crippen LogP contribution in [0.25, 0.3) is 0 Å². The number of rotatable bonds is 4. The lowest BCUT2D eigenvalue weighted by molar-refractivity contribution is 0.0696. The van der Waals surface area contributed by atoms with Crippen molar-refractivity contribution in [2.24, 2.45) is 0 Å². The predicted molar refractivity (Wildman–Crippen MR) is 75.0 cm³/mol. The topological polar surface area (TPSA) is 53.4 Å². The number of benzene rings is 1. The Kier molecular flexibility index (Phi) is 3.98. The van der Waals surface area contributed by atoms with Gasteiger partial charge in [0.2, 0.25) is 0 Å². The molecule has 0 saturated carbocycles. The SMILES string of the molecule is CCN(c1ccccc1F)c1nccc(C)c1C(=O)O. The van der Waals surface area contributed by atoms with Gasteiger partial charge < -0.3 is 10.0 Å². The Morgan fingerprint density at radius 2 is 2.05 bits per heavy atom. The van der Waals surface area contributed by atoms with Gasteiger partial charge in [0, 0.05) is 12.7 Å². The van der Waals surface area contributed by atoms with Gasteiger partial charge in [-0.25, -0.2) is 14.2 Å². The molecule has 0 aliphatic heterocycles. The third-order valence-corrected chi connectivity index (χ3v) is 3.07. The second kappa shape index (κ2) is 5.69. The molecule has 2 rings (SSSR count). The maximum absolute atomic E-state index is 13.9. The zero-order valence-electron chi connectivity index (χ0n) is 11.3. The smallest absolute Gasteiger partial charge is 0.339 e. The summed E-state index contributed by atoms with van der Waals surface area (Å²) in [6, 6.07) is 7.87. The van der Waals surface area contributed by atoms with Crippen molar-refractivity contribution in [3.8, 4) is 0 Å². The second-order valence-corrected chi connectivity index (χ2v) is 4.33. The maximum Gasteiger partial charge on any atom is 0.339 e. The van der Waals surface area contributed by atoms with Gasteiger partial charge in [0.05, 0.1) is 5.69 Å². The number of aromatic carboxylic acids is 1. The highest BCUT2D eigenvalue weighted by atomic mass is 19.1. The zero-order chi connectivity index (χ0) is 14.7. The molecule has 0 saturated heterocycles. The Morgan fingerprint density at radius 1 is 1.35 bits per heavy atom. The number of hydrogen-bond acceptors (Lipinski definition) is 3. The van der Waals surface area contributed by atoms with Crippen molar-refractivity contribution in [2.45, 2.75) is 13.8 Å². The van der Waals surface area contributed by atoms with Gasteiger partial charge in [0.25, 0.3) is 0 Å². The summed E-state index contributed by atoms with van der Waals surface area (Å²) in [5.41, 5.74) is 1.01. The number of aryl methyl sites for hydroxylation is 1. The molecule has 0 aliphatic rings. The van der Waals surface area contributed by atoms with Crippen LogP contribution < -0.4 is 4.90 Å². The van der Waals surface area contributed by atoms with Crippen LogP contribution in [0.2, 0.25) is 0 Å². The molecule has 0 atom stereocenters. The van der Waals surface area contributed by atoms with Gasteiger partial charge in [-0.2, -0.15) is 0 Å². The minimum absolute atomic E-state index is 0.0950. The molecular formula is C15H15FN2O2. The summed E-state index contributed by atoms with van der Waals surface area (Å²) in [7, 11) is 0. The van der Waals surface area contributed by atoms with Crippen molar-refractivity contribution < 1.29 is 14.3 Å². The minimum atomic E-state index is -1.07. The molecule has 20 heavy (non-hydrogen) atoms. The summed E-state index contributed by atoms with van der Waals surface area (Å²) in [6.45, 7) is 3.93. The van der Waals surface area contributed by atoms with Crippen molar-refractivity contribution in [3.63, 3.8) is 0 Å². The van der Waals surface area contributed by atoms with Crippen LogP contribution in [-0.4, -0.2) is 22.6 Å². The minimum Gasteiger partial charge on any atom is -0.478 e. The monoisotopic (exact) mass is 274 g/mol. The Balaban J connectivity index is 2.62. The molecular weight excluding hydrogens is 259 g/mol. The van der Waals surface area contributed by atoms with Crippen LogP contribution in [0.4, 0.5) is 15.9 Å². The number of nitrogens with zero attached hydrogens (tertiary/aromatic N) is 2. The highest BCUT2D eigenvalue weighted by Gasteiger charge is 2.21. The Bertz CT molecular complexity index is 644. The Labute approximate surface area is 116 Å². The van der Waals surface area contributed by atoms with Gasteiger partial charge in [-0.15, -0.1) is 0 Å². The molecule has 0 unspecified atom stereocenters. The first-order valence-electron chi connectivity index (χ1n) is 6.27. The Hall–Kier alpha value is -2.43. The van der Waals surface area contributed by atoms with E-state index in [4.69, 9.17) is 0 Å². The van der Waals surface area contributed by atoms with Crippen molar-refractivity contribution in [3.05, 3.63) is 53.5 Å². The molecule has 1 aromatic carbocycles. The molecule has 0 bridgehead atoms. The van der Waals surface area contributed by atoms with Gasteiger partial charge in [-0.1, -0.05) is 12.1 Å². The molecule has 1 aromatic heterocycles. The molecule has 0 fully saturated rings. The summed E-state index contributed by atoms with van der Waals surface area (Å²) < 4.78 is 13.9. The number of anilines is 2. The predicted octanol–water partition coefficient (Wildman–Crippen LogP) is 3.39. The molecule has 5 heteroatoms. The van der Waals surface area contributed by atoms with E-state index in [-0.39, 0.29) is 11.4 Å². The van der Waals surface area contributed by atoms with E-state index in [1.54, 1.807) is 36.1 Å². The van der Waals surface area contributed by atoms with E-state index < -0.39 is 11.8 Å². The number of carboxylic acids is 1. The molecule has 1 heterocycles. The first-order valence-corrected chi connectivity index (χ1v) is 6.27. The van der Waals surface area contributed by atoms with E-state index in [0.717, 1.165) is 0 Å². The summed E-state index contributed by atoms with van der Waals surface area (Å²) in [5.74, 6) is -1.22. The van der Waals surface area contributed by atoms with Gasteiger partial charge in [-0.3, -0.25) is 0 Å². The fraction of sp³-hybridized carbons (Fsp3) is 0.200. The lowest BCUT2D eigenvalue weighted by Gasteiger charge is -2.24. The molecule has 0 aliphatic carbocycles. The number of hydrogen-bond donors (Lipinski definition) is 1. The van der Waals surface area contributed by atoms with Crippen molar-refractivity contribution in [1.82, 2.24) is 4.98 Å². The second-order valence-electron chi connectivity index (χ2n) is 4.33. The average Bonchev–Trinajstić information content (AvgIpc) is 2.41. The Morgan fingerprint density at radius 3 is 2.65 bits per heavy atom. The summed E-state index contributed by atoms with van der Waals surface area (Å²) in [6.07, 6.45) is 1.53. The van der Waals surface area contributed by atoms with E-state index in [9.17, 15) is 14.3 Å². The van der Waals surface area contributed by atoms with E-state index in [0.29, 0.717) is 17.8 Å². The van der Waals surface area contributed by atoms with E-state index in [1.165, 1.54) is 12.3 Å². The summed E-state index contributed by atoms with van der Waals surface area (Å²) in [5, 5.41) is 9.35. The van der Waals surface area contributed by atoms with E-state index in [2.05, 4.69) is 4.98 Å². The van der Waals surface area contributed by atoms with E-state index in [1.807, 2.05) is 6.92 Å². The number of aromatic nitrogens is 1. The highest BCUT2D eigenvalue weighted by Crippen LogP contribution is 2.29. The summed E-state index contributed by atoms with van der Waals surface area (Å²) in [4.78, 5) is 17.1. The molecule has 1 N–H and O–H groups in total. The summed E-state index contributed by atoms with van der Waals surface area (Å²) >= 11 is 0. The molecule has 104 valence electrons.